The van der Waals surface area contributed by atoms with Crippen molar-refractivity contribution in [3.8, 4) is 11.1 Å². The maximum absolute atomic E-state index is 12.0. The Morgan fingerprint density at radius 2 is 1.30 bits per heavy atom. The average Bonchev–Trinajstić information content (AvgIpc) is 2.61. The number of carbonyl (C=O) groups is 1. The van der Waals surface area contributed by atoms with Gasteiger partial charge >= 0.3 is 0 Å². The quantitative estimate of drug-likeness (QED) is 0.410. The van der Waals surface area contributed by atoms with E-state index in [1.54, 1.807) is 6.08 Å². The summed E-state index contributed by atoms with van der Waals surface area (Å²) in [7, 11) is 0. The van der Waals surface area contributed by atoms with Crippen LogP contribution in [0.1, 0.15) is 15.9 Å². The predicted molar refractivity (Wildman–Crippen MR) is 99.4 cm³/mol. The van der Waals surface area contributed by atoms with Crippen LogP contribution in [0.2, 0.25) is 0 Å². The van der Waals surface area contributed by atoms with E-state index in [0.717, 1.165) is 15.6 Å². The van der Waals surface area contributed by atoms with Crippen molar-refractivity contribution in [2.75, 3.05) is 0 Å². The van der Waals surface area contributed by atoms with Gasteiger partial charge in [0.15, 0.2) is 5.78 Å². The highest BCUT2D eigenvalue weighted by Gasteiger charge is 2.00. The highest BCUT2D eigenvalue weighted by Crippen LogP contribution is 2.22. The van der Waals surface area contributed by atoms with Gasteiger partial charge in [0.25, 0.3) is 0 Å². The standard InChI is InChI=1S/C21H15BrO/c22-20-13-11-18(12-14-20)17-9-6-16(7-10-17)8-15-21(23)19-4-2-1-3-5-19/h1-15H. The zero-order chi connectivity index (χ0) is 16.1. The van der Waals surface area contributed by atoms with Crippen LogP contribution in [0.4, 0.5) is 0 Å². The van der Waals surface area contributed by atoms with Crippen LogP contribution in [0.5, 0.6) is 0 Å². The number of allylic oxidation sites excluding steroid dienone is 1. The van der Waals surface area contributed by atoms with Gasteiger partial charge in [0.2, 0.25) is 0 Å². The van der Waals surface area contributed by atoms with Crippen LogP contribution in [-0.2, 0) is 0 Å². The molecule has 3 rings (SSSR count). The molecule has 23 heavy (non-hydrogen) atoms. The smallest absolute Gasteiger partial charge is 0.185 e. The molecule has 0 saturated heterocycles. The van der Waals surface area contributed by atoms with E-state index in [9.17, 15) is 4.79 Å². The number of hydrogen-bond donors (Lipinski definition) is 0. The highest BCUT2D eigenvalue weighted by atomic mass is 79.9. The normalized spacial score (nSPS) is 10.8. The minimum absolute atomic E-state index is 0.0163. The van der Waals surface area contributed by atoms with Crippen LogP contribution in [0.25, 0.3) is 17.2 Å². The maximum Gasteiger partial charge on any atom is 0.185 e. The number of halogens is 1. The van der Waals surface area contributed by atoms with Crippen LogP contribution < -0.4 is 0 Å². The molecule has 3 aromatic rings. The first-order valence-corrected chi connectivity index (χ1v) is 8.15. The summed E-state index contributed by atoms with van der Waals surface area (Å²) in [6.07, 6.45) is 3.46. The highest BCUT2D eigenvalue weighted by molar-refractivity contribution is 9.10. The molecular formula is C21H15BrO. The molecule has 0 amide bonds. The van der Waals surface area contributed by atoms with E-state index in [0.29, 0.717) is 5.56 Å². The third-order valence-electron chi connectivity index (χ3n) is 3.57. The molecule has 112 valence electrons. The zero-order valence-electron chi connectivity index (χ0n) is 12.4. The molecule has 0 N–H and O–H groups in total. The lowest BCUT2D eigenvalue weighted by Crippen LogP contribution is -1.92. The van der Waals surface area contributed by atoms with E-state index >= 15 is 0 Å². The number of carbonyl (C=O) groups excluding carboxylic acids is 1. The van der Waals surface area contributed by atoms with E-state index in [1.165, 1.54) is 5.56 Å². The van der Waals surface area contributed by atoms with E-state index in [2.05, 4.69) is 40.2 Å². The minimum atomic E-state index is 0.0163. The molecule has 0 aromatic heterocycles. The van der Waals surface area contributed by atoms with Gasteiger partial charge in [0, 0.05) is 10.0 Å². The van der Waals surface area contributed by atoms with Crippen LogP contribution in [0, 0.1) is 0 Å². The van der Waals surface area contributed by atoms with Gasteiger partial charge < -0.3 is 0 Å². The maximum atomic E-state index is 12.0. The molecule has 0 saturated carbocycles. The lowest BCUT2D eigenvalue weighted by Gasteiger charge is -2.02. The van der Waals surface area contributed by atoms with Gasteiger partial charge in [-0.05, 0) is 34.9 Å². The van der Waals surface area contributed by atoms with Gasteiger partial charge in [-0.1, -0.05) is 88.7 Å². The Hall–Kier alpha value is -2.45. The summed E-state index contributed by atoms with van der Waals surface area (Å²) < 4.78 is 1.07. The monoisotopic (exact) mass is 362 g/mol. The molecule has 0 fully saturated rings. The zero-order valence-corrected chi connectivity index (χ0v) is 14.0. The number of hydrogen-bond acceptors (Lipinski definition) is 1. The van der Waals surface area contributed by atoms with Gasteiger partial charge in [-0.25, -0.2) is 0 Å². The Morgan fingerprint density at radius 3 is 1.91 bits per heavy atom. The lowest BCUT2D eigenvalue weighted by molar-refractivity contribution is 0.104. The van der Waals surface area contributed by atoms with Crippen LogP contribution in [0.15, 0.2) is 89.4 Å². The first-order chi connectivity index (χ1) is 11.2. The molecule has 0 radical (unpaired) electrons. The topological polar surface area (TPSA) is 17.1 Å². The van der Waals surface area contributed by atoms with Crippen molar-refractivity contribution in [2.45, 2.75) is 0 Å². The van der Waals surface area contributed by atoms with Crippen LogP contribution >= 0.6 is 15.9 Å². The second kappa shape index (κ2) is 7.21. The molecule has 2 heteroatoms. The minimum Gasteiger partial charge on any atom is -0.289 e. The average molecular weight is 363 g/mol. The molecule has 0 atom stereocenters. The van der Waals surface area contributed by atoms with Crippen molar-refractivity contribution in [2.24, 2.45) is 0 Å². The van der Waals surface area contributed by atoms with Crippen LogP contribution in [-0.4, -0.2) is 5.78 Å². The van der Waals surface area contributed by atoms with Crippen molar-refractivity contribution in [3.05, 3.63) is 101 Å². The SMILES string of the molecule is O=C(C=Cc1ccc(-c2ccc(Br)cc2)cc1)c1ccccc1. The Kier molecular flexibility index (Phi) is 4.84. The van der Waals surface area contributed by atoms with Gasteiger partial charge in [0.1, 0.15) is 0 Å². The van der Waals surface area contributed by atoms with Crippen molar-refractivity contribution >= 4 is 27.8 Å². The molecule has 0 aliphatic heterocycles. The molecule has 3 aromatic carbocycles. The fraction of sp³-hybridized carbons (Fsp3) is 0. The predicted octanol–water partition coefficient (Wildman–Crippen LogP) is 6.01. The molecule has 0 spiro atoms. The number of rotatable bonds is 4. The molecular weight excluding hydrogens is 348 g/mol. The summed E-state index contributed by atoms with van der Waals surface area (Å²) in [5, 5.41) is 0. The van der Waals surface area contributed by atoms with Crippen molar-refractivity contribution in [3.63, 3.8) is 0 Å². The Bertz CT molecular complexity index is 816. The summed E-state index contributed by atoms with van der Waals surface area (Å²) in [5.41, 5.74) is 4.04. The summed E-state index contributed by atoms with van der Waals surface area (Å²) >= 11 is 3.44. The molecule has 0 aliphatic rings. The van der Waals surface area contributed by atoms with E-state index < -0.39 is 0 Å². The molecule has 0 aliphatic carbocycles. The Labute approximate surface area is 144 Å². The van der Waals surface area contributed by atoms with Crippen LogP contribution in [0.3, 0.4) is 0 Å². The third kappa shape index (κ3) is 4.05. The fourth-order valence-electron chi connectivity index (χ4n) is 2.30. The first kappa shape index (κ1) is 15.4. The van der Waals surface area contributed by atoms with Gasteiger partial charge in [-0.2, -0.15) is 0 Å². The summed E-state index contributed by atoms with van der Waals surface area (Å²) in [4.78, 5) is 12.0. The molecule has 0 heterocycles. The van der Waals surface area contributed by atoms with Gasteiger partial charge in [-0.15, -0.1) is 0 Å². The molecule has 0 unspecified atom stereocenters. The van der Waals surface area contributed by atoms with E-state index in [4.69, 9.17) is 0 Å². The van der Waals surface area contributed by atoms with E-state index in [-0.39, 0.29) is 5.78 Å². The Balaban J connectivity index is 1.74. The molecule has 1 nitrogen and oxygen atoms in total. The van der Waals surface area contributed by atoms with Gasteiger partial charge in [-0.3, -0.25) is 4.79 Å². The second-order valence-corrected chi connectivity index (χ2v) is 6.11. The second-order valence-electron chi connectivity index (χ2n) is 5.19. The summed E-state index contributed by atoms with van der Waals surface area (Å²) in [6.45, 7) is 0. The third-order valence-corrected chi connectivity index (χ3v) is 4.10. The van der Waals surface area contributed by atoms with Gasteiger partial charge in [0.05, 0.1) is 0 Å². The molecule has 0 bridgehead atoms. The van der Waals surface area contributed by atoms with Crippen molar-refractivity contribution < 1.29 is 4.79 Å². The summed E-state index contributed by atoms with van der Waals surface area (Å²) in [6, 6.07) is 25.7. The number of ketones is 1. The lowest BCUT2D eigenvalue weighted by atomic mass is 10.0. The fourth-order valence-corrected chi connectivity index (χ4v) is 2.56. The van der Waals surface area contributed by atoms with E-state index in [1.807, 2.05) is 60.7 Å². The first-order valence-electron chi connectivity index (χ1n) is 7.36. The van der Waals surface area contributed by atoms with Crippen molar-refractivity contribution in [1.82, 2.24) is 0 Å². The van der Waals surface area contributed by atoms with Crippen molar-refractivity contribution in [1.29, 1.82) is 0 Å². The largest absolute Gasteiger partial charge is 0.289 e. The summed E-state index contributed by atoms with van der Waals surface area (Å²) in [5.74, 6) is 0.0163. The number of benzene rings is 3. The Morgan fingerprint density at radius 1 is 0.739 bits per heavy atom.